The van der Waals surface area contributed by atoms with Crippen molar-refractivity contribution in [2.24, 2.45) is 0 Å². The van der Waals surface area contributed by atoms with Gasteiger partial charge in [0.25, 0.3) is 5.91 Å². The number of aromatic amines is 1. The largest absolute Gasteiger partial charge is 0.350 e. The molecule has 0 spiro atoms. The number of para-hydroxylation sites is 1. The lowest BCUT2D eigenvalue weighted by molar-refractivity contribution is 0.0949. The van der Waals surface area contributed by atoms with Crippen LogP contribution < -0.4 is 5.32 Å². The molecule has 0 unspecified atom stereocenters. The van der Waals surface area contributed by atoms with Crippen molar-refractivity contribution < 1.29 is 4.79 Å². The van der Waals surface area contributed by atoms with E-state index in [1.165, 1.54) is 0 Å². The Morgan fingerprint density at radius 3 is 2.88 bits per heavy atom. The molecule has 0 saturated carbocycles. The molecule has 2 N–H and O–H groups in total. The van der Waals surface area contributed by atoms with E-state index in [1.807, 2.05) is 64.9 Å². The van der Waals surface area contributed by atoms with E-state index in [0.717, 1.165) is 21.8 Å². The molecule has 0 bridgehead atoms. The first-order chi connectivity index (χ1) is 12.8. The third kappa shape index (κ3) is 3.57. The lowest BCUT2D eigenvalue weighted by Crippen LogP contribution is -2.25. The highest BCUT2D eigenvalue weighted by Crippen LogP contribution is 2.22. The lowest BCUT2D eigenvalue weighted by Gasteiger charge is -2.01. The topological polar surface area (TPSA) is 75.6 Å². The summed E-state index contributed by atoms with van der Waals surface area (Å²) in [7, 11) is 0. The molecule has 1 amide bonds. The van der Waals surface area contributed by atoms with E-state index >= 15 is 0 Å². The average Bonchev–Trinajstić information content (AvgIpc) is 3.42. The molecule has 3 aromatic heterocycles. The minimum absolute atomic E-state index is 0.181. The van der Waals surface area contributed by atoms with Crippen molar-refractivity contribution in [2.45, 2.75) is 6.42 Å². The Labute approximate surface area is 154 Å². The van der Waals surface area contributed by atoms with E-state index in [-0.39, 0.29) is 5.91 Å². The SMILES string of the molecule is O=C(NCCc1cnn(-c2ccccc2)c1)c1cc(-c2cccs2)[nH]n1. The van der Waals surface area contributed by atoms with Gasteiger partial charge < -0.3 is 5.32 Å². The number of rotatable bonds is 6. The van der Waals surface area contributed by atoms with Crippen molar-refractivity contribution in [2.75, 3.05) is 6.54 Å². The van der Waals surface area contributed by atoms with Gasteiger partial charge in [-0.3, -0.25) is 9.89 Å². The second-order valence-corrected chi connectivity index (χ2v) is 6.73. The zero-order chi connectivity index (χ0) is 17.8. The Balaban J connectivity index is 1.32. The molecule has 7 heteroatoms. The number of nitrogens with zero attached hydrogens (tertiary/aromatic N) is 3. The molecule has 3 heterocycles. The Bertz CT molecular complexity index is 988. The van der Waals surface area contributed by atoms with E-state index in [1.54, 1.807) is 17.4 Å². The first-order valence-electron chi connectivity index (χ1n) is 8.26. The van der Waals surface area contributed by atoms with Crippen LogP contribution in [0.4, 0.5) is 0 Å². The van der Waals surface area contributed by atoms with E-state index in [2.05, 4.69) is 20.6 Å². The second-order valence-electron chi connectivity index (χ2n) is 5.78. The van der Waals surface area contributed by atoms with Crippen LogP contribution >= 0.6 is 11.3 Å². The zero-order valence-electron chi connectivity index (χ0n) is 13.9. The first kappa shape index (κ1) is 16.3. The molecule has 130 valence electrons. The molecule has 0 radical (unpaired) electrons. The van der Waals surface area contributed by atoms with E-state index in [0.29, 0.717) is 18.7 Å². The molecule has 6 nitrogen and oxygen atoms in total. The Morgan fingerprint density at radius 2 is 2.08 bits per heavy atom. The number of nitrogens with one attached hydrogen (secondary N) is 2. The minimum Gasteiger partial charge on any atom is -0.350 e. The van der Waals surface area contributed by atoms with Crippen molar-refractivity contribution in [1.82, 2.24) is 25.3 Å². The van der Waals surface area contributed by atoms with E-state index < -0.39 is 0 Å². The summed E-state index contributed by atoms with van der Waals surface area (Å²) in [4.78, 5) is 13.3. The van der Waals surface area contributed by atoms with E-state index in [9.17, 15) is 4.79 Å². The second kappa shape index (κ2) is 7.37. The van der Waals surface area contributed by atoms with Crippen molar-refractivity contribution in [3.05, 3.63) is 77.6 Å². The Morgan fingerprint density at radius 1 is 1.19 bits per heavy atom. The van der Waals surface area contributed by atoms with Gasteiger partial charge in [0.1, 0.15) is 0 Å². The van der Waals surface area contributed by atoms with Gasteiger partial charge in [-0.15, -0.1) is 11.3 Å². The summed E-state index contributed by atoms with van der Waals surface area (Å²) in [6.45, 7) is 0.528. The van der Waals surface area contributed by atoms with Crippen LogP contribution in [0.1, 0.15) is 16.1 Å². The van der Waals surface area contributed by atoms with Gasteiger partial charge in [-0.2, -0.15) is 10.2 Å². The zero-order valence-corrected chi connectivity index (χ0v) is 14.7. The number of carbonyl (C=O) groups is 1. The summed E-state index contributed by atoms with van der Waals surface area (Å²) >= 11 is 1.60. The average molecular weight is 363 g/mol. The number of hydrogen-bond acceptors (Lipinski definition) is 4. The van der Waals surface area contributed by atoms with Crippen LogP contribution in [-0.4, -0.2) is 32.4 Å². The van der Waals surface area contributed by atoms with Crippen LogP contribution in [0.25, 0.3) is 16.3 Å². The molecule has 0 aliphatic rings. The third-order valence-electron chi connectivity index (χ3n) is 3.95. The standard InChI is InChI=1S/C19H17N5OS/c25-19(17-11-16(22-23-17)18-7-4-10-26-18)20-9-8-14-12-21-24(13-14)15-5-2-1-3-6-15/h1-7,10-13H,8-9H2,(H,20,25)(H,22,23). The van der Waals surface area contributed by atoms with Crippen LogP contribution in [0.15, 0.2) is 66.3 Å². The monoisotopic (exact) mass is 363 g/mol. The van der Waals surface area contributed by atoms with Crippen LogP contribution in [-0.2, 0) is 6.42 Å². The van der Waals surface area contributed by atoms with Crippen molar-refractivity contribution in [3.8, 4) is 16.3 Å². The molecule has 4 rings (SSSR count). The van der Waals surface area contributed by atoms with Gasteiger partial charge in [0.05, 0.1) is 22.5 Å². The van der Waals surface area contributed by atoms with Crippen LogP contribution in [0.5, 0.6) is 0 Å². The molecule has 0 aliphatic heterocycles. The summed E-state index contributed by atoms with van der Waals surface area (Å²) < 4.78 is 1.83. The molecular formula is C19H17N5OS. The number of H-pyrrole nitrogens is 1. The molecule has 0 saturated heterocycles. The predicted octanol–water partition coefficient (Wildman–Crippen LogP) is 3.30. The van der Waals surface area contributed by atoms with Crippen molar-refractivity contribution >= 4 is 17.2 Å². The Kier molecular flexibility index (Phi) is 4.61. The Hall–Kier alpha value is -3.19. The lowest BCUT2D eigenvalue weighted by atomic mass is 10.2. The smallest absolute Gasteiger partial charge is 0.271 e. The highest BCUT2D eigenvalue weighted by Gasteiger charge is 2.11. The normalized spacial score (nSPS) is 10.8. The molecule has 1 aromatic carbocycles. The predicted molar refractivity (Wildman–Crippen MR) is 102 cm³/mol. The van der Waals surface area contributed by atoms with Gasteiger partial charge >= 0.3 is 0 Å². The van der Waals surface area contributed by atoms with Gasteiger partial charge in [0, 0.05) is 12.7 Å². The number of thiophene rings is 1. The highest BCUT2D eigenvalue weighted by molar-refractivity contribution is 7.13. The van der Waals surface area contributed by atoms with Crippen molar-refractivity contribution in [3.63, 3.8) is 0 Å². The molecule has 26 heavy (non-hydrogen) atoms. The van der Waals surface area contributed by atoms with Gasteiger partial charge in [0.15, 0.2) is 5.69 Å². The maximum Gasteiger partial charge on any atom is 0.271 e. The molecule has 0 atom stereocenters. The van der Waals surface area contributed by atoms with Gasteiger partial charge in [0.2, 0.25) is 0 Å². The number of amides is 1. The van der Waals surface area contributed by atoms with Crippen LogP contribution in [0.3, 0.4) is 0 Å². The molecule has 0 aliphatic carbocycles. The van der Waals surface area contributed by atoms with Gasteiger partial charge in [-0.05, 0) is 41.6 Å². The maximum atomic E-state index is 12.2. The summed E-state index contributed by atoms with van der Waals surface area (Å²) in [5, 5.41) is 16.3. The number of carbonyl (C=O) groups excluding carboxylic acids is 1. The quantitative estimate of drug-likeness (QED) is 0.552. The fourth-order valence-electron chi connectivity index (χ4n) is 2.62. The summed E-state index contributed by atoms with van der Waals surface area (Å²) in [5.41, 5.74) is 3.33. The molecule has 4 aromatic rings. The maximum absolute atomic E-state index is 12.2. The summed E-state index contributed by atoms with van der Waals surface area (Å²) in [6.07, 6.45) is 4.51. The van der Waals surface area contributed by atoms with Crippen LogP contribution in [0, 0.1) is 0 Å². The van der Waals surface area contributed by atoms with Crippen LogP contribution in [0.2, 0.25) is 0 Å². The third-order valence-corrected chi connectivity index (χ3v) is 4.86. The number of aromatic nitrogens is 4. The fraction of sp³-hybridized carbons (Fsp3) is 0.105. The first-order valence-corrected chi connectivity index (χ1v) is 9.14. The van der Waals surface area contributed by atoms with Gasteiger partial charge in [-0.25, -0.2) is 4.68 Å². The molecular weight excluding hydrogens is 346 g/mol. The minimum atomic E-state index is -0.181. The number of hydrogen-bond donors (Lipinski definition) is 2. The fourth-order valence-corrected chi connectivity index (χ4v) is 3.31. The highest BCUT2D eigenvalue weighted by atomic mass is 32.1. The van der Waals surface area contributed by atoms with E-state index in [4.69, 9.17) is 0 Å². The summed E-state index contributed by atoms with van der Waals surface area (Å²) in [6, 6.07) is 15.7. The number of benzene rings is 1. The van der Waals surface area contributed by atoms with Crippen molar-refractivity contribution in [1.29, 1.82) is 0 Å². The molecule has 0 fully saturated rings. The van der Waals surface area contributed by atoms with Gasteiger partial charge in [-0.1, -0.05) is 24.3 Å². The summed E-state index contributed by atoms with van der Waals surface area (Å²) in [5.74, 6) is -0.181.